The van der Waals surface area contributed by atoms with Gasteiger partial charge in [0.25, 0.3) is 0 Å². The van der Waals surface area contributed by atoms with E-state index < -0.39 is 20.0 Å². The van der Waals surface area contributed by atoms with Gasteiger partial charge in [-0.25, -0.2) is 9.69 Å². The minimum atomic E-state index is -2.13. The number of hydrogen-bond donors (Lipinski definition) is 2. The monoisotopic (exact) mass is 316 g/mol. The minimum Gasteiger partial charge on any atom is -0.444 e. The topological polar surface area (TPSA) is 110 Å². The van der Waals surface area contributed by atoms with Crippen LogP contribution in [0.4, 0.5) is 4.79 Å². The summed E-state index contributed by atoms with van der Waals surface area (Å²) in [5.41, 5.74) is 6.07. The van der Waals surface area contributed by atoms with Crippen LogP contribution in [0.25, 0.3) is 0 Å². The van der Waals surface area contributed by atoms with Gasteiger partial charge < -0.3 is 15.4 Å². The summed E-state index contributed by atoms with van der Waals surface area (Å²) < 4.78 is 14.2. The number of ether oxygens (including phenoxy) is 1. The van der Waals surface area contributed by atoms with Crippen molar-refractivity contribution in [1.29, 1.82) is 0 Å². The van der Waals surface area contributed by atoms with Crippen molar-refractivity contribution in [2.75, 3.05) is 19.8 Å². The highest BCUT2D eigenvalue weighted by atomic mass is 31.1. The predicted molar refractivity (Wildman–Crippen MR) is 80.2 cm³/mol. The van der Waals surface area contributed by atoms with Crippen molar-refractivity contribution in [3.05, 3.63) is 35.9 Å². The first-order valence-corrected chi connectivity index (χ1v) is 8.18. The van der Waals surface area contributed by atoms with Crippen LogP contribution in [0.2, 0.25) is 0 Å². The molecular formula is C13H21N2O5P. The highest BCUT2D eigenvalue weighted by Gasteiger charge is 2.19. The van der Waals surface area contributed by atoms with E-state index in [0.29, 0.717) is 0 Å². The van der Waals surface area contributed by atoms with Crippen LogP contribution in [-0.4, -0.2) is 41.5 Å². The molecule has 0 bridgehead atoms. The Balaban J connectivity index is 0.000000885. The molecule has 0 spiro atoms. The molecular weight excluding hydrogens is 295 g/mol. The summed E-state index contributed by atoms with van der Waals surface area (Å²) in [5, 5.41) is 0. The van der Waals surface area contributed by atoms with Gasteiger partial charge in [-0.3, -0.25) is 9.36 Å². The van der Waals surface area contributed by atoms with E-state index in [1.54, 1.807) is 6.92 Å². The van der Waals surface area contributed by atoms with Gasteiger partial charge >= 0.3 is 6.09 Å². The van der Waals surface area contributed by atoms with Crippen molar-refractivity contribution in [3.8, 4) is 0 Å². The Morgan fingerprint density at radius 1 is 1.33 bits per heavy atom. The number of carbonyl (C=O) groups is 2. The van der Waals surface area contributed by atoms with Crippen molar-refractivity contribution in [3.63, 3.8) is 0 Å². The Kier molecular flexibility index (Phi) is 10.1. The first-order chi connectivity index (χ1) is 9.92. The lowest BCUT2D eigenvalue weighted by Gasteiger charge is -2.17. The van der Waals surface area contributed by atoms with Gasteiger partial charge in [0, 0.05) is 13.2 Å². The summed E-state index contributed by atoms with van der Waals surface area (Å²) in [7, 11) is -2.13. The van der Waals surface area contributed by atoms with Gasteiger partial charge in [0.15, 0.2) is 8.03 Å². The lowest BCUT2D eigenvalue weighted by atomic mass is 10.2. The third-order valence-corrected chi connectivity index (χ3v) is 2.22. The summed E-state index contributed by atoms with van der Waals surface area (Å²) in [6, 6.07) is 9.27. The molecule has 118 valence electrons. The fourth-order valence-corrected chi connectivity index (χ4v) is 1.31. The molecule has 0 aliphatic heterocycles. The molecule has 1 atom stereocenters. The minimum absolute atomic E-state index is 0.147. The molecule has 0 aliphatic rings. The van der Waals surface area contributed by atoms with Crippen molar-refractivity contribution in [1.82, 2.24) is 4.90 Å². The van der Waals surface area contributed by atoms with Crippen LogP contribution >= 0.6 is 8.03 Å². The van der Waals surface area contributed by atoms with Gasteiger partial charge in [-0.15, -0.1) is 0 Å². The van der Waals surface area contributed by atoms with Crippen LogP contribution in [0.3, 0.4) is 0 Å². The summed E-state index contributed by atoms with van der Waals surface area (Å²) in [6.45, 7) is 3.16. The molecule has 1 aromatic rings. The molecule has 1 rings (SSSR count). The Hall–Kier alpha value is -1.69. The normalized spacial score (nSPS) is 10.9. The summed E-state index contributed by atoms with van der Waals surface area (Å²) in [6.07, 6.45) is -0.660. The van der Waals surface area contributed by atoms with E-state index in [1.165, 1.54) is 6.66 Å². The van der Waals surface area contributed by atoms with Gasteiger partial charge in [-0.2, -0.15) is 0 Å². The first-order valence-electron chi connectivity index (χ1n) is 6.33. The molecule has 1 unspecified atom stereocenters. The molecule has 1 aromatic carbocycles. The molecule has 0 saturated carbocycles. The number of carbonyl (C=O) groups excluding carboxylic acids is 2. The van der Waals surface area contributed by atoms with E-state index >= 15 is 0 Å². The maximum Gasteiger partial charge on any atom is 0.416 e. The molecule has 7 nitrogen and oxygen atoms in total. The number of rotatable bonds is 4. The lowest BCUT2D eigenvalue weighted by molar-refractivity contribution is -0.127. The van der Waals surface area contributed by atoms with Crippen molar-refractivity contribution >= 4 is 20.0 Å². The fourth-order valence-electron chi connectivity index (χ4n) is 1.31. The fraction of sp³-hybridized carbons (Fsp3) is 0.385. The average Bonchev–Trinajstić information content (AvgIpc) is 2.46. The zero-order valence-corrected chi connectivity index (χ0v) is 13.1. The second-order valence-corrected chi connectivity index (χ2v) is 4.94. The third-order valence-electron chi connectivity index (χ3n) is 2.22. The van der Waals surface area contributed by atoms with Crippen molar-refractivity contribution in [2.45, 2.75) is 13.5 Å². The Morgan fingerprint density at radius 2 is 1.86 bits per heavy atom. The van der Waals surface area contributed by atoms with Crippen LogP contribution in [0.15, 0.2) is 30.3 Å². The Bertz CT molecular complexity index is 463. The molecule has 0 fully saturated rings. The second kappa shape index (κ2) is 11.0. The number of likely N-dealkylation sites (N-methyl/N-ethyl adjacent to an activating group) is 1. The van der Waals surface area contributed by atoms with Crippen LogP contribution in [0, 0.1) is 0 Å². The number of amides is 2. The standard InChI is InChI=1S/C12H16N2O3.CH5O2P/c1-2-14(11(15)8-13)12(16)17-9-10-6-4-3-5-7-10;1-4(2)3/h3-7H,2,8-9,13H2,1H3;4H,1H3,(H,2,3). The molecule has 0 aromatic heterocycles. The third kappa shape index (κ3) is 8.96. The highest BCUT2D eigenvalue weighted by molar-refractivity contribution is 7.36. The maximum absolute atomic E-state index is 11.6. The summed E-state index contributed by atoms with van der Waals surface area (Å²) in [5.74, 6) is -0.439. The van der Waals surface area contributed by atoms with Gasteiger partial charge in [0.05, 0.1) is 6.54 Å². The highest BCUT2D eigenvalue weighted by Crippen LogP contribution is 2.03. The maximum atomic E-state index is 11.6. The molecule has 0 saturated heterocycles. The summed E-state index contributed by atoms with van der Waals surface area (Å²) in [4.78, 5) is 31.5. The van der Waals surface area contributed by atoms with Crippen LogP contribution in [-0.2, 0) is 20.7 Å². The van der Waals surface area contributed by atoms with Crippen LogP contribution in [0.1, 0.15) is 12.5 Å². The zero-order valence-electron chi connectivity index (χ0n) is 12.1. The summed E-state index contributed by atoms with van der Waals surface area (Å²) >= 11 is 0. The number of hydrogen-bond acceptors (Lipinski definition) is 5. The van der Waals surface area contributed by atoms with E-state index in [0.717, 1.165) is 10.5 Å². The van der Waals surface area contributed by atoms with Gasteiger partial charge in [-0.05, 0) is 12.5 Å². The number of imide groups is 1. The number of nitrogens with zero attached hydrogens (tertiary/aromatic N) is 1. The van der Waals surface area contributed by atoms with Gasteiger partial charge in [-0.1, -0.05) is 30.3 Å². The quantitative estimate of drug-likeness (QED) is 0.808. The molecule has 3 N–H and O–H groups in total. The van der Waals surface area contributed by atoms with E-state index in [1.807, 2.05) is 30.3 Å². The first kappa shape index (κ1) is 19.3. The van der Waals surface area contributed by atoms with Crippen molar-refractivity contribution < 1.29 is 23.8 Å². The lowest BCUT2D eigenvalue weighted by Crippen LogP contribution is -2.40. The molecule has 21 heavy (non-hydrogen) atoms. The van der Waals surface area contributed by atoms with Crippen LogP contribution in [0.5, 0.6) is 0 Å². The number of benzene rings is 1. The number of nitrogens with two attached hydrogens (primary N) is 1. The smallest absolute Gasteiger partial charge is 0.416 e. The van der Waals surface area contributed by atoms with Crippen LogP contribution < -0.4 is 5.73 Å². The van der Waals surface area contributed by atoms with E-state index in [-0.39, 0.29) is 19.7 Å². The van der Waals surface area contributed by atoms with E-state index in [9.17, 15) is 14.2 Å². The molecule has 0 aliphatic carbocycles. The Morgan fingerprint density at radius 3 is 2.29 bits per heavy atom. The average molecular weight is 316 g/mol. The zero-order chi connectivity index (χ0) is 16.3. The second-order valence-electron chi connectivity index (χ2n) is 3.90. The van der Waals surface area contributed by atoms with E-state index in [2.05, 4.69) is 0 Å². The largest absolute Gasteiger partial charge is 0.444 e. The Labute approximate surface area is 124 Å². The van der Waals surface area contributed by atoms with Crippen molar-refractivity contribution in [2.24, 2.45) is 5.73 Å². The molecule has 8 heteroatoms. The molecule has 2 amide bonds. The van der Waals surface area contributed by atoms with E-state index in [4.69, 9.17) is 15.4 Å². The predicted octanol–water partition coefficient (Wildman–Crippen LogP) is 1.21. The molecule has 0 radical (unpaired) electrons. The van der Waals surface area contributed by atoms with Gasteiger partial charge in [0.1, 0.15) is 6.61 Å². The van der Waals surface area contributed by atoms with Gasteiger partial charge in [0.2, 0.25) is 5.91 Å². The molecule has 0 heterocycles. The SMILES string of the molecule is CCN(C(=O)CN)C(=O)OCc1ccccc1.C[PH](=O)O.